The first-order valence-corrected chi connectivity index (χ1v) is 10.3. The highest BCUT2D eigenvalue weighted by Crippen LogP contribution is 2.34. The van der Waals surface area contributed by atoms with Gasteiger partial charge in [0.2, 0.25) is 5.91 Å². The van der Waals surface area contributed by atoms with Gasteiger partial charge < -0.3 is 9.47 Å². The number of halogens is 2. The standard InChI is InChI=1S/C21H18Br2N2O4/c1-28-16-6-2-13(3-7-16)10-19(26)24-25-20(27)12-29-18-9-4-14-11-15(22)5-8-17(14)21(18)23/h2-9,11H,10,12H2,1H3,(H,24,26)(H,25,27). The number of carbonyl (C=O) groups excluding carboxylic acids is 2. The SMILES string of the molecule is COc1ccc(CC(=O)NNC(=O)COc2ccc3cc(Br)ccc3c2Br)cc1. The number of carbonyl (C=O) groups is 2. The van der Waals surface area contributed by atoms with Gasteiger partial charge in [-0.2, -0.15) is 0 Å². The molecule has 0 aliphatic heterocycles. The number of amides is 2. The van der Waals surface area contributed by atoms with Crippen molar-refractivity contribution in [2.75, 3.05) is 13.7 Å². The van der Waals surface area contributed by atoms with Crippen molar-refractivity contribution >= 4 is 54.4 Å². The molecule has 0 saturated heterocycles. The van der Waals surface area contributed by atoms with E-state index in [0.29, 0.717) is 11.5 Å². The number of benzene rings is 3. The Kier molecular flexibility index (Phi) is 7.11. The van der Waals surface area contributed by atoms with E-state index in [9.17, 15) is 9.59 Å². The molecular weight excluding hydrogens is 504 g/mol. The van der Waals surface area contributed by atoms with Crippen LogP contribution in [0.25, 0.3) is 10.8 Å². The molecule has 150 valence electrons. The van der Waals surface area contributed by atoms with Gasteiger partial charge in [-0.15, -0.1) is 0 Å². The normalized spacial score (nSPS) is 10.4. The average molecular weight is 522 g/mol. The zero-order valence-corrected chi connectivity index (χ0v) is 18.7. The fraction of sp³-hybridized carbons (Fsp3) is 0.143. The van der Waals surface area contributed by atoms with Crippen LogP contribution in [-0.4, -0.2) is 25.5 Å². The number of hydrogen-bond donors (Lipinski definition) is 2. The summed E-state index contributed by atoms with van der Waals surface area (Å²) < 4.78 is 12.4. The monoisotopic (exact) mass is 520 g/mol. The van der Waals surface area contributed by atoms with Crippen molar-refractivity contribution in [1.82, 2.24) is 10.9 Å². The van der Waals surface area contributed by atoms with Gasteiger partial charge in [0.15, 0.2) is 6.61 Å². The van der Waals surface area contributed by atoms with Crippen LogP contribution in [0, 0.1) is 0 Å². The molecule has 0 heterocycles. The molecule has 0 aliphatic rings. The molecule has 0 saturated carbocycles. The van der Waals surface area contributed by atoms with Crippen molar-refractivity contribution in [3.63, 3.8) is 0 Å². The summed E-state index contributed by atoms with van der Waals surface area (Å²) in [5, 5.41) is 2.01. The predicted octanol–water partition coefficient (Wildman–Crippen LogP) is 4.14. The third-order valence-electron chi connectivity index (χ3n) is 4.10. The Hall–Kier alpha value is -2.58. The van der Waals surface area contributed by atoms with Crippen LogP contribution in [0.4, 0.5) is 0 Å². The summed E-state index contributed by atoms with van der Waals surface area (Å²) in [5.74, 6) is 0.462. The van der Waals surface area contributed by atoms with Crippen molar-refractivity contribution in [1.29, 1.82) is 0 Å². The Balaban J connectivity index is 1.49. The molecule has 8 heteroatoms. The van der Waals surface area contributed by atoms with E-state index >= 15 is 0 Å². The lowest BCUT2D eigenvalue weighted by atomic mass is 10.1. The highest BCUT2D eigenvalue weighted by Gasteiger charge is 2.10. The summed E-state index contributed by atoms with van der Waals surface area (Å²) in [6.45, 7) is -0.233. The Morgan fingerprint density at radius 1 is 0.931 bits per heavy atom. The molecule has 6 nitrogen and oxygen atoms in total. The third-order valence-corrected chi connectivity index (χ3v) is 5.42. The maximum absolute atomic E-state index is 12.0. The van der Waals surface area contributed by atoms with Gasteiger partial charge in [-0.1, -0.05) is 40.2 Å². The highest BCUT2D eigenvalue weighted by molar-refractivity contribution is 9.11. The van der Waals surface area contributed by atoms with Crippen LogP contribution in [0.2, 0.25) is 0 Å². The summed E-state index contributed by atoms with van der Waals surface area (Å²) in [6.07, 6.45) is 0.136. The second kappa shape index (κ2) is 9.76. The van der Waals surface area contributed by atoms with Crippen molar-refractivity contribution in [2.24, 2.45) is 0 Å². The lowest BCUT2D eigenvalue weighted by molar-refractivity contribution is -0.129. The summed E-state index contributed by atoms with van der Waals surface area (Å²) in [4.78, 5) is 24.0. The molecule has 3 aromatic carbocycles. The van der Waals surface area contributed by atoms with E-state index in [4.69, 9.17) is 9.47 Å². The topological polar surface area (TPSA) is 76.7 Å². The number of rotatable bonds is 6. The first-order chi connectivity index (χ1) is 14.0. The van der Waals surface area contributed by atoms with Gasteiger partial charge in [-0.25, -0.2) is 0 Å². The van der Waals surface area contributed by atoms with Crippen LogP contribution in [0.3, 0.4) is 0 Å². The smallest absolute Gasteiger partial charge is 0.276 e. The quantitative estimate of drug-likeness (QED) is 0.478. The minimum Gasteiger partial charge on any atom is -0.497 e. The zero-order valence-electron chi connectivity index (χ0n) is 15.5. The molecule has 29 heavy (non-hydrogen) atoms. The maximum atomic E-state index is 12.0. The van der Waals surface area contributed by atoms with Crippen LogP contribution in [0.1, 0.15) is 5.56 Å². The van der Waals surface area contributed by atoms with E-state index in [1.807, 2.05) is 24.3 Å². The van der Waals surface area contributed by atoms with E-state index in [-0.39, 0.29) is 18.9 Å². The molecule has 0 radical (unpaired) electrons. The first-order valence-electron chi connectivity index (χ1n) is 8.67. The maximum Gasteiger partial charge on any atom is 0.276 e. The minimum absolute atomic E-state index is 0.136. The van der Waals surface area contributed by atoms with E-state index < -0.39 is 5.91 Å². The minimum atomic E-state index is -0.462. The van der Waals surface area contributed by atoms with Crippen LogP contribution in [0.15, 0.2) is 63.5 Å². The number of methoxy groups -OCH3 is 1. The second-order valence-corrected chi connectivity index (χ2v) is 7.86. The van der Waals surface area contributed by atoms with Crippen molar-refractivity contribution in [3.05, 3.63) is 69.1 Å². The van der Waals surface area contributed by atoms with Gasteiger partial charge in [0.1, 0.15) is 11.5 Å². The molecule has 0 spiro atoms. The lowest BCUT2D eigenvalue weighted by Gasteiger charge is -2.11. The molecule has 2 N–H and O–H groups in total. The number of nitrogens with one attached hydrogen (secondary N) is 2. The van der Waals surface area contributed by atoms with E-state index in [0.717, 1.165) is 25.3 Å². The summed E-state index contributed by atoms with van der Waals surface area (Å²) in [6, 6.07) is 16.7. The van der Waals surface area contributed by atoms with Gasteiger partial charge in [0, 0.05) is 4.47 Å². The van der Waals surface area contributed by atoms with Crippen molar-refractivity contribution in [3.8, 4) is 11.5 Å². The Morgan fingerprint density at radius 3 is 2.38 bits per heavy atom. The van der Waals surface area contributed by atoms with Crippen molar-refractivity contribution < 1.29 is 19.1 Å². The fourth-order valence-corrected chi connectivity index (χ4v) is 3.63. The molecule has 0 aliphatic carbocycles. The second-order valence-electron chi connectivity index (χ2n) is 6.15. The number of ether oxygens (including phenoxy) is 2. The van der Waals surface area contributed by atoms with Gasteiger partial charge in [0.25, 0.3) is 5.91 Å². The molecule has 0 aromatic heterocycles. The van der Waals surface area contributed by atoms with Gasteiger partial charge in [0.05, 0.1) is 18.0 Å². The molecular formula is C21H18Br2N2O4. The van der Waals surface area contributed by atoms with Gasteiger partial charge in [-0.3, -0.25) is 20.4 Å². The molecule has 2 amide bonds. The van der Waals surface area contributed by atoms with Crippen LogP contribution in [0.5, 0.6) is 11.5 Å². The lowest BCUT2D eigenvalue weighted by Crippen LogP contribution is -2.44. The zero-order chi connectivity index (χ0) is 20.8. The van der Waals surface area contributed by atoms with Crippen LogP contribution < -0.4 is 20.3 Å². The first kappa shape index (κ1) is 21.1. The van der Waals surface area contributed by atoms with E-state index in [1.54, 1.807) is 37.4 Å². The molecule has 0 bridgehead atoms. The van der Waals surface area contributed by atoms with E-state index in [2.05, 4.69) is 42.7 Å². The third kappa shape index (κ3) is 5.71. The summed E-state index contributed by atoms with van der Waals surface area (Å²) >= 11 is 6.96. The fourth-order valence-electron chi connectivity index (χ4n) is 2.65. The molecule has 3 rings (SSSR count). The molecule has 3 aromatic rings. The Labute approximate surface area is 184 Å². The predicted molar refractivity (Wildman–Crippen MR) is 118 cm³/mol. The Morgan fingerprint density at radius 2 is 1.66 bits per heavy atom. The number of fused-ring (bicyclic) bond motifs is 1. The van der Waals surface area contributed by atoms with Gasteiger partial charge >= 0.3 is 0 Å². The van der Waals surface area contributed by atoms with Crippen molar-refractivity contribution in [2.45, 2.75) is 6.42 Å². The number of hydrazine groups is 1. The van der Waals surface area contributed by atoms with Crippen LogP contribution in [-0.2, 0) is 16.0 Å². The Bertz CT molecular complexity index is 1040. The molecule has 0 unspecified atom stereocenters. The van der Waals surface area contributed by atoms with Crippen LogP contribution >= 0.6 is 31.9 Å². The molecule has 0 fully saturated rings. The highest BCUT2D eigenvalue weighted by atomic mass is 79.9. The molecule has 0 atom stereocenters. The summed E-state index contributed by atoms with van der Waals surface area (Å²) in [7, 11) is 1.58. The summed E-state index contributed by atoms with van der Waals surface area (Å²) in [5.41, 5.74) is 5.54. The van der Waals surface area contributed by atoms with Gasteiger partial charge in [-0.05, 0) is 62.6 Å². The van der Waals surface area contributed by atoms with E-state index in [1.165, 1.54) is 0 Å². The largest absolute Gasteiger partial charge is 0.497 e. The average Bonchev–Trinajstić information content (AvgIpc) is 2.72. The number of hydrogen-bond acceptors (Lipinski definition) is 4.